The predicted octanol–water partition coefficient (Wildman–Crippen LogP) is 0.528. The molecule has 3 rings (SSSR count). The Balaban J connectivity index is 1.88. The number of fused-ring (bicyclic) bond motifs is 1. The molecule has 2 aromatic rings. The molecule has 2 heterocycles. The number of benzene rings is 1. The summed E-state index contributed by atoms with van der Waals surface area (Å²) in [5.74, 6) is -1.18. The van der Waals surface area contributed by atoms with Gasteiger partial charge in [-0.3, -0.25) is 19.7 Å². The summed E-state index contributed by atoms with van der Waals surface area (Å²) in [6.07, 6.45) is 2.34. The molecule has 1 atom stereocenters. The van der Waals surface area contributed by atoms with Crippen molar-refractivity contribution < 1.29 is 18.8 Å². The van der Waals surface area contributed by atoms with Crippen molar-refractivity contribution in [3.05, 3.63) is 35.6 Å². The number of nitrogens with one attached hydrogen (secondary N) is 2. The summed E-state index contributed by atoms with van der Waals surface area (Å²) < 4.78 is 5.51. The van der Waals surface area contributed by atoms with Crippen LogP contribution in [0.4, 0.5) is 0 Å². The van der Waals surface area contributed by atoms with Crippen LogP contribution in [0.5, 0.6) is 0 Å². The maximum atomic E-state index is 12.0. The van der Waals surface area contributed by atoms with Gasteiger partial charge >= 0.3 is 0 Å². The van der Waals surface area contributed by atoms with Crippen LogP contribution in [0.3, 0.4) is 0 Å². The average Bonchev–Trinajstić information content (AvgIpc) is 2.95. The molecule has 7 nitrogen and oxygen atoms in total. The molecule has 0 radical (unpaired) electrons. The average molecular weight is 315 g/mol. The molecule has 1 aliphatic heterocycles. The van der Waals surface area contributed by atoms with Crippen LogP contribution in [0.2, 0.25) is 0 Å². The molecule has 4 N–H and O–H groups in total. The molecule has 0 spiro atoms. The van der Waals surface area contributed by atoms with Crippen LogP contribution < -0.4 is 16.4 Å². The minimum Gasteiger partial charge on any atom is -0.464 e. The third-order valence-corrected chi connectivity index (χ3v) is 3.96. The topological polar surface area (TPSA) is 114 Å². The Morgan fingerprint density at radius 1 is 1.39 bits per heavy atom. The summed E-state index contributed by atoms with van der Waals surface area (Å²) in [5, 5.41) is 5.87. The molecule has 1 fully saturated rings. The van der Waals surface area contributed by atoms with E-state index in [2.05, 4.69) is 10.6 Å². The smallest absolute Gasteiger partial charge is 0.234 e. The minimum absolute atomic E-state index is 0.0600. The first-order valence-corrected chi connectivity index (χ1v) is 7.39. The Morgan fingerprint density at radius 2 is 2.22 bits per heavy atom. The highest BCUT2D eigenvalue weighted by atomic mass is 16.3. The number of hydrogen-bond acceptors (Lipinski definition) is 5. The number of furan rings is 1. The minimum atomic E-state index is -0.400. The molecule has 1 saturated heterocycles. The lowest BCUT2D eigenvalue weighted by Crippen LogP contribution is -2.39. The van der Waals surface area contributed by atoms with Crippen LogP contribution >= 0.6 is 0 Å². The Hall–Kier alpha value is -2.67. The van der Waals surface area contributed by atoms with Gasteiger partial charge in [0.2, 0.25) is 17.7 Å². The van der Waals surface area contributed by atoms with Crippen LogP contribution in [0.25, 0.3) is 11.0 Å². The molecule has 0 bridgehead atoms. The monoisotopic (exact) mass is 315 g/mol. The van der Waals surface area contributed by atoms with Crippen LogP contribution in [0, 0.1) is 0 Å². The molecular weight excluding hydrogens is 298 g/mol. The molecule has 7 heteroatoms. The van der Waals surface area contributed by atoms with E-state index < -0.39 is 5.92 Å². The van der Waals surface area contributed by atoms with Crippen molar-refractivity contribution in [2.24, 2.45) is 5.73 Å². The van der Waals surface area contributed by atoms with Crippen molar-refractivity contribution in [2.75, 3.05) is 6.54 Å². The van der Waals surface area contributed by atoms with Gasteiger partial charge in [-0.25, -0.2) is 0 Å². The second kappa shape index (κ2) is 6.21. The number of imide groups is 1. The van der Waals surface area contributed by atoms with Crippen molar-refractivity contribution in [2.45, 2.75) is 25.3 Å². The maximum Gasteiger partial charge on any atom is 0.234 e. The number of amides is 3. The number of hydrogen-bond donors (Lipinski definition) is 3. The zero-order chi connectivity index (χ0) is 16.4. The highest BCUT2D eigenvalue weighted by Gasteiger charge is 2.30. The van der Waals surface area contributed by atoms with Gasteiger partial charge in [-0.05, 0) is 24.1 Å². The normalized spacial score (nSPS) is 18.0. The fourth-order valence-corrected chi connectivity index (χ4v) is 2.74. The van der Waals surface area contributed by atoms with E-state index in [1.165, 1.54) is 0 Å². The molecular formula is C16H17N3O4. The van der Waals surface area contributed by atoms with Gasteiger partial charge < -0.3 is 15.5 Å². The summed E-state index contributed by atoms with van der Waals surface area (Å²) in [4.78, 5) is 34.6. The van der Waals surface area contributed by atoms with E-state index in [0.717, 1.165) is 16.5 Å². The standard InChI is InChI=1S/C16H17N3O4/c17-6-15(21)18-7-9-1-3-13-11(5-9)12(8-23-13)10-2-4-14(20)19-16(10)22/h1,3,5,8,10H,2,4,6-7,17H2,(H,18,21)(H,19,20,22). The van der Waals surface area contributed by atoms with E-state index in [0.29, 0.717) is 25.0 Å². The largest absolute Gasteiger partial charge is 0.464 e. The van der Waals surface area contributed by atoms with Crippen LogP contribution in [0.15, 0.2) is 28.9 Å². The van der Waals surface area contributed by atoms with Gasteiger partial charge in [-0.1, -0.05) is 6.07 Å². The summed E-state index contributed by atoms with van der Waals surface area (Å²) in [5.41, 5.74) is 7.57. The Morgan fingerprint density at radius 3 is 2.96 bits per heavy atom. The van der Waals surface area contributed by atoms with Crippen molar-refractivity contribution in [3.8, 4) is 0 Å². The summed E-state index contributed by atoms with van der Waals surface area (Å²) >= 11 is 0. The molecule has 23 heavy (non-hydrogen) atoms. The second-order valence-electron chi connectivity index (χ2n) is 5.51. The highest BCUT2D eigenvalue weighted by Crippen LogP contribution is 2.32. The Kier molecular flexibility index (Phi) is 4.12. The first-order chi connectivity index (χ1) is 11.1. The van der Waals surface area contributed by atoms with Gasteiger partial charge in [-0.15, -0.1) is 0 Å². The quantitative estimate of drug-likeness (QED) is 0.712. The molecule has 1 aromatic heterocycles. The SMILES string of the molecule is NCC(=O)NCc1ccc2occ(C3CCC(=O)NC3=O)c2c1. The molecule has 0 aliphatic carbocycles. The van der Waals surface area contributed by atoms with Gasteiger partial charge in [-0.2, -0.15) is 0 Å². The van der Waals surface area contributed by atoms with Crippen LogP contribution in [-0.2, 0) is 20.9 Å². The van der Waals surface area contributed by atoms with Gasteiger partial charge in [0.05, 0.1) is 18.7 Å². The van der Waals surface area contributed by atoms with Gasteiger partial charge in [0.15, 0.2) is 0 Å². The third kappa shape index (κ3) is 3.09. The highest BCUT2D eigenvalue weighted by molar-refractivity contribution is 6.02. The molecule has 3 amide bonds. The van der Waals surface area contributed by atoms with E-state index in [9.17, 15) is 14.4 Å². The lowest BCUT2D eigenvalue weighted by Gasteiger charge is -2.19. The number of nitrogens with two attached hydrogens (primary N) is 1. The van der Waals surface area contributed by atoms with E-state index in [4.69, 9.17) is 10.2 Å². The number of piperidine rings is 1. The maximum absolute atomic E-state index is 12.0. The van der Waals surface area contributed by atoms with Crippen molar-refractivity contribution >= 4 is 28.7 Å². The van der Waals surface area contributed by atoms with E-state index in [1.807, 2.05) is 12.1 Å². The van der Waals surface area contributed by atoms with E-state index in [-0.39, 0.29) is 24.3 Å². The molecule has 0 saturated carbocycles. The zero-order valence-corrected chi connectivity index (χ0v) is 12.4. The predicted molar refractivity (Wildman–Crippen MR) is 82.2 cm³/mol. The van der Waals surface area contributed by atoms with Gasteiger partial charge in [0.25, 0.3) is 0 Å². The number of rotatable bonds is 4. The number of carbonyl (C=O) groups is 3. The first-order valence-electron chi connectivity index (χ1n) is 7.39. The van der Waals surface area contributed by atoms with Crippen molar-refractivity contribution in [1.29, 1.82) is 0 Å². The molecule has 1 unspecified atom stereocenters. The lowest BCUT2D eigenvalue weighted by atomic mass is 9.90. The van der Waals surface area contributed by atoms with Crippen molar-refractivity contribution in [1.82, 2.24) is 10.6 Å². The fourth-order valence-electron chi connectivity index (χ4n) is 2.74. The lowest BCUT2D eigenvalue weighted by molar-refractivity contribution is -0.134. The molecule has 1 aromatic carbocycles. The summed E-state index contributed by atoms with van der Waals surface area (Å²) in [7, 11) is 0. The second-order valence-corrected chi connectivity index (χ2v) is 5.51. The van der Waals surface area contributed by atoms with Gasteiger partial charge in [0.1, 0.15) is 5.58 Å². The summed E-state index contributed by atoms with van der Waals surface area (Å²) in [6, 6.07) is 5.53. The zero-order valence-electron chi connectivity index (χ0n) is 12.4. The Labute approximate surface area is 132 Å². The molecule has 1 aliphatic rings. The van der Waals surface area contributed by atoms with Crippen LogP contribution in [-0.4, -0.2) is 24.3 Å². The Bertz CT molecular complexity index is 781. The fraction of sp³-hybridized carbons (Fsp3) is 0.312. The van der Waals surface area contributed by atoms with Gasteiger partial charge in [0, 0.05) is 23.9 Å². The molecule has 120 valence electrons. The first kappa shape index (κ1) is 15.2. The number of carbonyl (C=O) groups excluding carboxylic acids is 3. The van der Waals surface area contributed by atoms with E-state index in [1.54, 1.807) is 12.3 Å². The third-order valence-electron chi connectivity index (χ3n) is 3.96. The summed E-state index contributed by atoms with van der Waals surface area (Å²) in [6.45, 7) is 0.293. The van der Waals surface area contributed by atoms with Crippen LogP contribution in [0.1, 0.15) is 29.9 Å². The van der Waals surface area contributed by atoms with Crippen molar-refractivity contribution in [3.63, 3.8) is 0 Å². The van der Waals surface area contributed by atoms with E-state index >= 15 is 0 Å².